The highest BCUT2D eigenvalue weighted by Crippen LogP contribution is 2.22. The van der Waals surface area contributed by atoms with Gasteiger partial charge < -0.3 is 15.0 Å². The van der Waals surface area contributed by atoms with Crippen molar-refractivity contribution in [1.82, 2.24) is 14.6 Å². The van der Waals surface area contributed by atoms with Crippen molar-refractivity contribution < 1.29 is 13.9 Å². The summed E-state index contributed by atoms with van der Waals surface area (Å²) in [5.74, 6) is -1.32. The maximum Gasteiger partial charge on any atom is 0.288 e. The number of hydrogen-bond acceptors (Lipinski definition) is 7. The number of nitrogens with zero attached hydrogens (tertiary/aromatic N) is 4. The molecule has 1 aromatic carbocycles. The molecule has 0 saturated carbocycles. The molecule has 2 aromatic heterocycles. The molecule has 0 unspecified atom stereocenters. The van der Waals surface area contributed by atoms with Gasteiger partial charge in [-0.1, -0.05) is 23.5 Å². The highest BCUT2D eigenvalue weighted by Gasteiger charge is 2.20. The third-order valence-corrected chi connectivity index (χ3v) is 4.91. The molecule has 3 heterocycles. The van der Waals surface area contributed by atoms with Crippen LogP contribution < -0.4 is 15.8 Å². The van der Waals surface area contributed by atoms with E-state index in [-0.39, 0.29) is 11.3 Å². The summed E-state index contributed by atoms with van der Waals surface area (Å²) in [6.07, 6.45) is 1.19. The largest absolute Gasteiger partial charge is 0.378 e. The van der Waals surface area contributed by atoms with Crippen molar-refractivity contribution in [3.63, 3.8) is 0 Å². The zero-order valence-corrected chi connectivity index (χ0v) is 14.3. The van der Waals surface area contributed by atoms with Gasteiger partial charge in [0.15, 0.2) is 0 Å². The second-order valence-electron chi connectivity index (χ2n) is 5.59. The lowest BCUT2D eigenvalue weighted by atomic mass is 10.2. The van der Waals surface area contributed by atoms with Crippen molar-refractivity contribution in [1.29, 1.82) is 0 Å². The van der Waals surface area contributed by atoms with Gasteiger partial charge >= 0.3 is 0 Å². The Kier molecular flexibility index (Phi) is 4.35. The zero-order chi connectivity index (χ0) is 18.1. The van der Waals surface area contributed by atoms with E-state index in [2.05, 4.69) is 15.4 Å². The van der Waals surface area contributed by atoms with E-state index in [1.165, 1.54) is 35.7 Å². The Labute approximate surface area is 150 Å². The molecule has 4 rings (SSSR count). The number of amides is 1. The number of para-hydroxylation sites is 1. The van der Waals surface area contributed by atoms with E-state index in [0.717, 1.165) is 4.52 Å². The lowest BCUT2D eigenvalue weighted by Gasteiger charge is -2.25. The number of morpholine rings is 1. The second-order valence-corrected chi connectivity index (χ2v) is 6.52. The Morgan fingerprint density at radius 1 is 1.27 bits per heavy atom. The van der Waals surface area contributed by atoms with Crippen molar-refractivity contribution >= 4 is 33.0 Å². The zero-order valence-electron chi connectivity index (χ0n) is 13.5. The van der Waals surface area contributed by atoms with Crippen LogP contribution in [0.5, 0.6) is 0 Å². The topological polar surface area (TPSA) is 88.8 Å². The fourth-order valence-corrected chi connectivity index (χ4v) is 3.48. The minimum Gasteiger partial charge on any atom is -0.378 e. The number of halogens is 1. The lowest BCUT2D eigenvalue weighted by molar-refractivity contribution is 0.102. The molecule has 0 bridgehead atoms. The number of carbonyl (C=O) groups excluding carboxylic acids is 1. The normalized spacial score (nSPS) is 14.6. The summed E-state index contributed by atoms with van der Waals surface area (Å²) < 4.78 is 20.1. The van der Waals surface area contributed by atoms with Gasteiger partial charge in [-0.25, -0.2) is 9.37 Å². The molecule has 3 aromatic rings. The van der Waals surface area contributed by atoms with Gasteiger partial charge in [-0.15, -0.1) is 5.10 Å². The van der Waals surface area contributed by atoms with Gasteiger partial charge in [-0.05, 0) is 12.1 Å². The minimum absolute atomic E-state index is 0.00530. The maximum atomic E-state index is 13.7. The van der Waals surface area contributed by atoms with Crippen molar-refractivity contribution in [2.75, 3.05) is 36.5 Å². The molecule has 1 fully saturated rings. The molecule has 1 N–H and O–H groups in total. The molecule has 10 heteroatoms. The average molecular weight is 375 g/mol. The second kappa shape index (κ2) is 6.81. The summed E-state index contributed by atoms with van der Waals surface area (Å²) >= 11 is 1.26. The first-order chi connectivity index (χ1) is 12.6. The first-order valence-corrected chi connectivity index (χ1v) is 8.72. The van der Waals surface area contributed by atoms with Gasteiger partial charge in [-0.2, -0.15) is 4.52 Å². The van der Waals surface area contributed by atoms with Crippen LogP contribution >= 0.6 is 11.3 Å². The molecule has 1 amide bonds. The first kappa shape index (κ1) is 16.6. The molecule has 134 valence electrons. The number of nitrogens with one attached hydrogen (secondary N) is 1. The lowest BCUT2D eigenvalue weighted by Crippen LogP contribution is -2.36. The third-order valence-electron chi connectivity index (χ3n) is 3.92. The van der Waals surface area contributed by atoms with Crippen molar-refractivity contribution in [2.45, 2.75) is 0 Å². The predicted molar refractivity (Wildman–Crippen MR) is 94.5 cm³/mol. The number of rotatable bonds is 3. The Hall–Kier alpha value is -2.85. The average Bonchev–Trinajstić information content (AvgIpc) is 3.10. The van der Waals surface area contributed by atoms with Gasteiger partial charge in [0.05, 0.1) is 18.9 Å². The van der Waals surface area contributed by atoms with Gasteiger partial charge in [-0.3, -0.25) is 9.59 Å². The predicted octanol–water partition coefficient (Wildman–Crippen LogP) is 1.38. The van der Waals surface area contributed by atoms with Gasteiger partial charge in [0.25, 0.3) is 11.5 Å². The summed E-state index contributed by atoms with van der Waals surface area (Å²) in [5, 5.41) is 7.31. The number of hydrogen-bond donors (Lipinski definition) is 1. The summed E-state index contributed by atoms with van der Waals surface area (Å²) in [7, 11) is 0. The van der Waals surface area contributed by atoms with Crippen LogP contribution in [-0.4, -0.2) is 46.8 Å². The van der Waals surface area contributed by atoms with Crippen LogP contribution in [0.4, 0.5) is 15.2 Å². The molecule has 1 saturated heterocycles. The van der Waals surface area contributed by atoms with E-state index in [4.69, 9.17) is 4.74 Å². The summed E-state index contributed by atoms with van der Waals surface area (Å²) in [4.78, 5) is 31.5. The number of aromatic nitrogens is 3. The molecule has 0 atom stereocenters. The maximum absolute atomic E-state index is 13.7. The molecule has 0 aliphatic carbocycles. The van der Waals surface area contributed by atoms with Crippen LogP contribution in [0.2, 0.25) is 0 Å². The Balaban J connectivity index is 1.66. The molecule has 1 aliphatic heterocycles. The Bertz CT molecular complexity index is 1030. The van der Waals surface area contributed by atoms with Crippen LogP contribution in [-0.2, 0) is 4.74 Å². The van der Waals surface area contributed by atoms with E-state index in [0.29, 0.717) is 36.4 Å². The number of fused-ring (bicyclic) bond motifs is 1. The fraction of sp³-hybridized carbons (Fsp3) is 0.250. The molecular weight excluding hydrogens is 361 g/mol. The van der Waals surface area contributed by atoms with E-state index in [9.17, 15) is 14.0 Å². The van der Waals surface area contributed by atoms with Crippen LogP contribution in [0.3, 0.4) is 0 Å². The molecule has 1 aliphatic rings. The van der Waals surface area contributed by atoms with E-state index in [1.54, 1.807) is 6.07 Å². The smallest absolute Gasteiger partial charge is 0.288 e. The third kappa shape index (κ3) is 3.04. The Morgan fingerprint density at radius 3 is 2.81 bits per heavy atom. The van der Waals surface area contributed by atoms with Crippen molar-refractivity contribution in [3.05, 3.63) is 52.2 Å². The molecule has 0 spiro atoms. The summed E-state index contributed by atoms with van der Waals surface area (Å²) in [6.45, 7) is 2.54. The first-order valence-electron chi connectivity index (χ1n) is 7.91. The monoisotopic (exact) mass is 375 g/mol. The number of ether oxygens (including phenoxy) is 1. The van der Waals surface area contributed by atoms with Crippen molar-refractivity contribution in [2.24, 2.45) is 0 Å². The quantitative estimate of drug-likeness (QED) is 0.744. The SMILES string of the molecule is O=C(Nc1ccccc1F)c1cnc2sc(N3CCOCC3)nn2c1=O. The summed E-state index contributed by atoms with van der Waals surface area (Å²) in [5.41, 5.74) is -0.807. The fourth-order valence-electron chi connectivity index (χ4n) is 2.57. The van der Waals surface area contributed by atoms with E-state index < -0.39 is 17.3 Å². The number of benzene rings is 1. The minimum atomic E-state index is -0.733. The summed E-state index contributed by atoms with van der Waals surface area (Å²) in [6, 6.07) is 5.73. The van der Waals surface area contributed by atoms with E-state index >= 15 is 0 Å². The molecule has 8 nitrogen and oxygen atoms in total. The highest BCUT2D eigenvalue weighted by atomic mass is 32.1. The standard InChI is InChI=1S/C16H14FN5O3S/c17-11-3-1-2-4-12(11)19-13(23)10-9-18-15-22(14(10)24)20-16(26-15)21-5-7-25-8-6-21/h1-4,9H,5-8H2,(H,19,23). The van der Waals surface area contributed by atoms with Crippen LogP contribution in [0, 0.1) is 5.82 Å². The molecule has 0 radical (unpaired) electrons. The van der Waals surface area contributed by atoms with Gasteiger partial charge in [0, 0.05) is 19.3 Å². The van der Waals surface area contributed by atoms with Crippen LogP contribution in [0.1, 0.15) is 10.4 Å². The van der Waals surface area contributed by atoms with Gasteiger partial charge in [0.1, 0.15) is 11.4 Å². The number of carbonyl (C=O) groups is 1. The van der Waals surface area contributed by atoms with Gasteiger partial charge in [0.2, 0.25) is 10.1 Å². The molecule has 26 heavy (non-hydrogen) atoms. The van der Waals surface area contributed by atoms with Crippen LogP contribution in [0.25, 0.3) is 4.96 Å². The highest BCUT2D eigenvalue weighted by molar-refractivity contribution is 7.20. The van der Waals surface area contributed by atoms with Crippen molar-refractivity contribution in [3.8, 4) is 0 Å². The Morgan fingerprint density at radius 2 is 2.04 bits per heavy atom. The molecular formula is C16H14FN5O3S. The van der Waals surface area contributed by atoms with Crippen LogP contribution in [0.15, 0.2) is 35.3 Å². The van der Waals surface area contributed by atoms with E-state index in [1.807, 2.05) is 4.90 Å². The number of anilines is 2.